The lowest BCUT2D eigenvalue weighted by Gasteiger charge is -2.32. The van der Waals surface area contributed by atoms with Gasteiger partial charge in [-0.2, -0.15) is 5.26 Å². The minimum absolute atomic E-state index is 0.581. The zero-order valence-corrected chi connectivity index (χ0v) is 49.6. The Labute approximate surface area is 526 Å². The second-order valence-corrected chi connectivity index (χ2v) is 24.2. The first kappa shape index (κ1) is 50.4. The Morgan fingerprint density at radius 3 is 0.685 bits per heavy atom. The third-order valence-electron chi connectivity index (χ3n) is 19.6. The summed E-state index contributed by atoms with van der Waals surface area (Å²) in [6.45, 7) is 0. The van der Waals surface area contributed by atoms with Crippen LogP contribution < -0.4 is 0 Å². The Morgan fingerprint density at radius 1 is 0.196 bits per heavy atom. The van der Waals surface area contributed by atoms with Gasteiger partial charge in [0.15, 0.2) is 0 Å². The summed E-state index contributed by atoms with van der Waals surface area (Å²) < 4.78 is 15.4. The predicted molar refractivity (Wildman–Crippen MR) is 383 cm³/mol. The molecule has 14 aromatic carbocycles. The summed E-state index contributed by atoms with van der Waals surface area (Å²) in [7, 11) is 0. The molecule has 0 aliphatic carbocycles. The van der Waals surface area contributed by atoms with Crippen LogP contribution in [0.2, 0.25) is 0 Å². The number of nitriles is 1. The first-order valence-electron chi connectivity index (χ1n) is 31.4. The molecule has 6 aromatic heterocycles. The molecule has 0 saturated heterocycles. The van der Waals surface area contributed by atoms with Crippen LogP contribution in [0.1, 0.15) is 5.56 Å². The van der Waals surface area contributed by atoms with Crippen LogP contribution in [-0.4, -0.2) is 27.4 Å². The van der Waals surface area contributed by atoms with E-state index >= 15 is 0 Å². The van der Waals surface area contributed by atoms with Crippen LogP contribution in [-0.2, 0) is 0 Å². The molecule has 0 fully saturated rings. The first-order chi connectivity index (χ1) is 45.7. The molecule has 426 valence electrons. The van der Waals surface area contributed by atoms with Gasteiger partial charge in [0, 0.05) is 75.9 Å². The Balaban J connectivity index is 1.13. The standard InChI is InChI=1S/C85H51N7/c86-52-53-45-47-54(48-46-53)80-81(88-70-36-14-3-25-58(70)59-26-4-15-37-71(59)88)83(90-74-40-18-7-29-62(74)63-30-8-19-41-75(63)90)85(92-78-44-22-11-33-66(78)67-51-55(49-50-79(67)92)87-68-34-12-1-23-56(68)57-24-2-13-35-69(57)87)84(91-76-42-20-9-31-64(76)65-32-10-21-43-77(65)91)82(80)89-72-38-16-5-27-60(72)61-28-6-17-39-73(61)89/h1-51H. The second kappa shape index (κ2) is 19.2. The summed E-state index contributed by atoms with van der Waals surface area (Å²) in [6.07, 6.45) is 0. The van der Waals surface area contributed by atoms with E-state index < -0.39 is 0 Å². The second-order valence-electron chi connectivity index (χ2n) is 24.2. The van der Waals surface area contributed by atoms with Gasteiger partial charge in [-0.05, 0) is 103 Å². The summed E-state index contributed by atoms with van der Waals surface area (Å²) in [5.41, 5.74) is 21.4. The van der Waals surface area contributed by atoms with E-state index in [4.69, 9.17) is 0 Å². The Kier molecular flexibility index (Phi) is 10.5. The zero-order valence-electron chi connectivity index (χ0n) is 49.6. The molecule has 0 aliphatic rings. The fourth-order valence-electron chi connectivity index (χ4n) is 15.9. The Hall–Kier alpha value is -12.6. The summed E-state index contributed by atoms with van der Waals surface area (Å²) in [4.78, 5) is 0. The molecular formula is C85H51N7. The van der Waals surface area contributed by atoms with E-state index in [2.05, 4.69) is 331 Å². The number of hydrogen-bond donors (Lipinski definition) is 0. The van der Waals surface area contributed by atoms with Crippen molar-refractivity contribution in [2.75, 3.05) is 0 Å². The molecule has 0 spiro atoms. The average molecular weight is 1170 g/mol. The third-order valence-corrected chi connectivity index (χ3v) is 19.6. The van der Waals surface area contributed by atoms with E-state index in [1.807, 2.05) is 12.1 Å². The number of fused-ring (bicyclic) bond motifs is 18. The van der Waals surface area contributed by atoms with Crippen molar-refractivity contribution in [3.8, 4) is 51.3 Å². The first-order valence-corrected chi connectivity index (χ1v) is 31.4. The quantitative estimate of drug-likeness (QED) is 0.157. The van der Waals surface area contributed by atoms with Crippen molar-refractivity contribution >= 4 is 131 Å². The van der Waals surface area contributed by atoms with Gasteiger partial charge in [-0.15, -0.1) is 0 Å². The van der Waals surface area contributed by atoms with Gasteiger partial charge in [-0.1, -0.05) is 212 Å². The fraction of sp³-hybridized carbons (Fsp3) is 0. The summed E-state index contributed by atoms with van der Waals surface area (Å²) >= 11 is 0. The minimum atomic E-state index is 0.581. The van der Waals surface area contributed by atoms with Crippen LogP contribution in [0.4, 0.5) is 0 Å². The van der Waals surface area contributed by atoms with Gasteiger partial charge in [0.1, 0.15) is 0 Å². The van der Waals surface area contributed by atoms with Crippen molar-refractivity contribution in [3.63, 3.8) is 0 Å². The third kappa shape index (κ3) is 6.81. The lowest BCUT2D eigenvalue weighted by Crippen LogP contribution is -2.18. The van der Waals surface area contributed by atoms with Crippen LogP contribution in [0.5, 0.6) is 0 Å². The normalized spacial score (nSPS) is 12.1. The predicted octanol–water partition coefficient (Wildman–Crippen LogP) is 21.8. The van der Waals surface area contributed by atoms with Gasteiger partial charge in [0.05, 0.1) is 106 Å². The van der Waals surface area contributed by atoms with Gasteiger partial charge < -0.3 is 27.4 Å². The van der Waals surface area contributed by atoms with Crippen LogP contribution in [0, 0.1) is 11.3 Å². The molecule has 20 rings (SSSR count). The van der Waals surface area contributed by atoms with E-state index in [1.165, 1.54) is 10.8 Å². The molecule has 0 amide bonds. The molecule has 20 aromatic rings. The molecule has 7 heteroatoms. The van der Waals surface area contributed by atoms with Crippen molar-refractivity contribution in [2.45, 2.75) is 0 Å². The van der Waals surface area contributed by atoms with Gasteiger partial charge in [0.2, 0.25) is 0 Å². The molecule has 7 nitrogen and oxygen atoms in total. The van der Waals surface area contributed by atoms with Gasteiger partial charge in [0.25, 0.3) is 0 Å². The molecule has 92 heavy (non-hydrogen) atoms. The van der Waals surface area contributed by atoms with Crippen LogP contribution in [0.3, 0.4) is 0 Å². The fourth-order valence-corrected chi connectivity index (χ4v) is 15.9. The topological polar surface area (TPSA) is 53.4 Å². The average Bonchev–Trinajstić information content (AvgIpc) is 1.75. The molecule has 0 unspecified atom stereocenters. The Bertz CT molecular complexity index is 6060. The highest BCUT2D eigenvalue weighted by atomic mass is 15.2. The molecule has 0 bridgehead atoms. The van der Waals surface area contributed by atoms with Crippen molar-refractivity contribution in [1.82, 2.24) is 27.4 Å². The summed E-state index contributed by atoms with van der Waals surface area (Å²) in [5, 5.41) is 24.6. The number of hydrogen-bond acceptors (Lipinski definition) is 1. The monoisotopic (exact) mass is 1170 g/mol. The van der Waals surface area contributed by atoms with Crippen molar-refractivity contribution in [2.24, 2.45) is 0 Å². The maximum Gasteiger partial charge on any atom is 0.0991 e. The Morgan fingerprint density at radius 2 is 0.413 bits per heavy atom. The molecule has 0 saturated carbocycles. The zero-order chi connectivity index (χ0) is 60.3. The number of nitrogens with zero attached hydrogens (tertiary/aromatic N) is 7. The highest BCUT2D eigenvalue weighted by Crippen LogP contribution is 2.54. The molecule has 0 aliphatic heterocycles. The highest BCUT2D eigenvalue weighted by molar-refractivity contribution is 6.20. The lowest BCUT2D eigenvalue weighted by molar-refractivity contribution is 1.00. The van der Waals surface area contributed by atoms with E-state index in [1.54, 1.807) is 0 Å². The van der Waals surface area contributed by atoms with Crippen molar-refractivity contribution in [1.29, 1.82) is 5.26 Å². The van der Waals surface area contributed by atoms with Crippen molar-refractivity contribution in [3.05, 3.63) is 315 Å². The number of para-hydroxylation sites is 11. The largest absolute Gasteiger partial charge is 0.309 e. The van der Waals surface area contributed by atoms with Gasteiger partial charge >= 0.3 is 0 Å². The smallest absolute Gasteiger partial charge is 0.0991 e. The van der Waals surface area contributed by atoms with Crippen LogP contribution >= 0.6 is 0 Å². The lowest BCUT2D eigenvalue weighted by atomic mass is 9.94. The highest BCUT2D eigenvalue weighted by Gasteiger charge is 2.37. The summed E-state index contributed by atoms with van der Waals surface area (Å²) in [6, 6.07) is 116. The summed E-state index contributed by atoms with van der Waals surface area (Å²) in [5.74, 6) is 0. The number of rotatable bonds is 7. The maximum atomic E-state index is 10.7. The molecule has 0 N–H and O–H groups in total. The van der Waals surface area contributed by atoms with Gasteiger partial charge in [-0.3, -0.25) is 0 Å². The van der Waals surface area contributed by atoms with E-state index in [0.29, 0.717) is 5.56 Å². The molecule has 6 heterocycles. The minimum Gasteiger partial charge on any atom is -0.309 e. The van der Waals surface area contributed by atoms with Crippen molar-refractivity contribution < 1.29 is 0 Å². The number of aromatic nitrogens is 6. The molecular weight excluding hydrogens is 1120 g/mol. The molecule has 0 atom stereocenters. The maximum absolute atomic E-state index is 10.7. The molecule has 0 radical (unpaired) electrons. The van der Waals surface area contributed by atoms with E-state index in [9.17, 15) is 5.26 Å². The van der Waals surface area contributed by atoms with Crippen LogP contribution in [0.25, 0.3) is 176 Å². The van der Waals surface area contributed by atoms with Crippen LogP contribution in [0.15, 0.2) is 309 Å². The number of benzene rings is 14. The van der Waals surface area contributed by atoms with E-state index in [0.717, 1.165) is 165 Å². The SMILES string of the molecule is N#Cc1ccc(-c2c(-n3c4ccccc4c4ccccc43)c(-n3c4ccccc4c4ccccc43)c(-n3c4ccccc4c4cc(-n5c6ccccc6c6ccccc65)ccc43)c(-n3c4ccccc4c4ccccc43)c2-n2c3ccccc3c3ccccc32)cc1. The van der Waals surface area contributed by atoms with Gasteiger partial charge in [-0.25, -0.2) is 0 Å². The van der Waals surface area contributed by atoms with E-state index in [-0.39, 0.29) is 0 Å².